The van der Waals surface area contributed by atoms with E-state index in [2.05, 4.69) is 4.72 Å². The molecular weight excluding hydrogens is 372 g/mol. The number of carbonyl (C=O) groups excluding carboxylic acids is 1. The molecule has 2 aromatic rings. The average molecular weight is 401 g/mol. The van der Waals surface area contributed by atoms with Crippen molar-refractivity contribution in [2.75, 3.05) is 11.4 Å². The summed E-state index contributed by atoms with van der Waals surface area (Å²) in [7, 11) is -3.56. The molecule has 2 aromatic carbocycles. The number of hydrogen-bond acceptors (Lipinski definition) is 3. The number of rotatable bonds is 6. The zero-order chi connectivity index (χ0) is 20.3. The molecule has 1 N–H and O–H groups in total. The van der Waals surface area contributed by atoms with Gasteiger partial charge in [-0.3, -0.25) is 4.79 Å². The second kappa shape index (κ2) is 8.45. The molecule has 0 bridgehead atoms. The van der Waals surface area contributed by atoms with Crippen molar-refractivity contribution in [1.29, 1.82) is 0 Å². The number of sulfonamides is 1. The minimum absolute atomic E-state index is 0.0498. The summed E-state index contributed by atoms with van der Waals surface area (Å²) in [5.74, 6) is -0.0498. The highest BCUT2D eigenvalue weighted by Crippen LogP contribution is 2.30. The molecule has 0 unspecified atom stereocenters. The number of benzene rings is 2. The Morgan fingerprint density at radius 1 is 1.18 bits per heavy atom. The van der Waals surface area contributed by atoms with E-state index in [1.807, 2.05) is 45.0 Å². The lowest BCUT2D eigenvalue weighted by Crippen LogP contribution is -2.36. The van der Waals surface area contributed by atoms with Gasteiger partial charge in [-0.15, -0.1) is 0 Å². The van der Waals surface area contributed by atoms with Gasteiger partial charge in [0.15, 0.2) is 0 Å². The first-order valence-electron chi connectivity index (χ1n) is 9.85. The van der Waals surface area contributed by atoms with E-state index in [4.69, 9.17) is 0 Å². The Morgan fingerprint density at radius 2 is 1.89 bits per heavy atom. The van der Waals surface area contributed by atoms with E-state index in [0.717, 1.165) is 42.5 Å². The van der Waals surface area contributed by atoms with Gasteiger partial charge in [0.05, 0.1) is 4.90 Å². The van der Waals surface area contributed by atoms with Gasteiger partial charge in [-0.05, 0) is 69.0 Å². The van der Waals surface area contributed by atoms with Crippen LogP contribution in [-0.4, -0.2) is 26.9 Å². The molecule has 0 saturated carbocycles. The normalized spacial score (nSPS) is 15.2. The van der Waals surface area contributed by atoms with Crippen LogP contribution >= 0.6 is 0 Å². The summed E-state index contributed by atoms with van der Waals surface area (Å²) in [5.41, 5.74) is 3.45. The lowest BCUT2D eigenvalue weighted by atomic mass is 10.0. The molecule has 0 saturated heterocycles. The summed E-state index contributed by atoms with van der Waals surface area (Å²) in [6.07, 6.45) is 3.29. The second-order valence-corrected chi connectivity index (χ2v) is 9.24. The van der Waals surface area contributed by atoms with Gasteiger partial charge >= 0.3 is 0 Å². The number of anilines is 1. The lowest BCUT2D eigenvalue weighted by molar-refractivity contribution is 0.0985. The third-order valence-electron chi connectivity index (χ3n) is 5.10. The van der Waals surface area contributed by atoms with E-state index >= 15 is 0 Å². The van der Waals surface area contributed by atoms with E-state index < -0.39 is 10.0 Å². The van der Waals surface area contributed by atoms with E-state index in [-0.39, 0.29) is 16.8 Å². The van der Waals surface area contributed by atoms with Gasteiger partial charge in [-0.1, -0.05) is 31.0 Å². The molecule has 0 fully saturated rings. The van der Waals surface area contributed by atoms with Gasteiger partial charge in [-0.25, -0.2) is 13.1 Å². The Balaban J connectivity index is 1.87. The minimum Gasteiger partial charge on any atom is -0.308 e. The van der Waals surface area contributed by atoms with Crippen molar-refractivity contribution >= 4 is 21.6 Å². The number of nitrogens with zero attached hydrogens (tertiary/aromatic N) is 1. The molecule has 1 heterocycles. The van der Waals surface area contributed by atoms with Crippen LogP contribution in [0.5, 0.6) is 0 Å². The third kappa shape index (κ3) is 4.45. The van der Waals surface area contributed by atoms with E-state index in [1.54, 1.807) is 23.1 Å². The van der Waals surface area contributed by atoms with Crippen LogP contribution < -0.4 is 9.62 Å². The van der Waals surface area contributed by atoms with Crippen molar-refractivity contribution in [2.24, 2.45) is 0 Å². The van der Waals surface area contributed by atoms with Crippen molar-refractivity contribution in [2.45, 2.75) is 57.4 Å². The Hall–Kier alpha value is -2.18. The average Bonchev–Trinajstić information content (AvgIpc) is 2.67. The van der Waals surface area contributed by atoms with Crippen LogP contribution in [0, 0.1) is 6.92 Å². The Labute approximate surface area is 167 Å². The Bertz CT molecular complexity index is 952. The molecule has 28 heavy (non-hydrogen) atoms. The maximum absolute atomic E-state index is 13.0. The van der Waals surface area contributed by atoms with Crippen molar-refractivity contribution in [1.82, 2.24) is 4.72 Å². The summed E-state index contributed by atoms with van der Waals surface area (Å²) in [4.78, 5) is 15.0. The fourth-order valence-electron chi connectivity index (χ4n) is 3.63. The van der Waals surface area contributed by atoms with Gasteiger partial charge in [0, 0.05) is 23.8 Å². The van der Waals surface area contributed by atoms with Crippen molar-refractivity contribution in [3.63, 3.8) is 0 Å². The van der Waals surface area contributed by atoms with Crippen LogP contribution in [0.1, 0.15) is 54.6 Å². The lowest BCUT2D eigenvalue weighted by Gasteiger charge is -2.30. The fraction of sp³-hybridized carbons (Fsp3) is 0.409. The molecule has 5 nitrogen and oxygen atoms in total. The van der Waals surface area contributed by atoms with Crippen LogP contribution in [-0.2, 0) is 16.4 Å². The van der Waals surface area contributed by atoms with Crippen LogP contribution in [0.25, 0.3) is 0 Å². The Morgan fingerprint density at radius 3 is 2.57 bits per heavy atom. The highest BCUT2D eigenvalue weighted by Gasteiger charge is 2.26. The maximum Gasteiger partial charge on any atom is 0.258 e. The fourth-order valence-corrected chi connectivity index (χ4v) is 4.96. The quantitative estimate of drug-likeness (QED) is 0.795. The van der Waals surface area contributed by atoms with Crippen LogP contribution in [0.2, 0.25) is 0 Å². The number of carbonyl (C=O) groups is 1. The van der Waals surface area contributed by atoms with Crippen LogP contribution in [0.4, 0.5) is 5.69 Å². The summed E-state index contributed by atoms with van der Waals surface area (Å²) >= 11 is 0. The molecule has 150 valence electrons. The topological polar surface area (TPSA) is 66.5 Å². The zero-order valence-corrected chi connectivity index (χ0v) is 17.6. The monoisotopic (exact) mass is 400 g/mol. The first kappa shape index (κ1) is 20.6. The molecule has 1 aliphatic rings. The summed E-state index contributed by atoms with van der Waals surface area (Å²) in [6, 6.07) is 12.5. The highest BCUT2D eigenvalue weighted by atomic mass is 32.2. The van der Waals surface area contributed by atoms with Gasteiger partial charge < -0.3 is 4.90 Å². The predicted octanol–water partition coefficient (Wildman–Crippen LogP) is 4.05. The van der Waals surface area contributed by atoms with Crippen LogP contribution in [0.15, 0.2) is 47.4 Å². The van der Waals surface area contributed by atoms with Gasteiger partial charge in [0.25, 0.3) is 5.91 Å². The smallest absolute Gasteiger partial charge is 0.258 e. The van der Waals surface area contributed by atoms with Crippen molar-refractivity contribution in [3.8, 4) is 0 Å². The second-order valence-electron chi connectivity index (χ2n) is 7.53. The number of amides is 1. The molecule has 1 amide bonds. The molecule has 0 spiro atoms. The third-order valence-corrected chi connectivity index (χ3v) is 6.69. The van der Waals surface area contributed by atoms with E-state index in [0.29, 0.717) is 12.1 Å². The van der Waals surface area contributed by atoms with E-state index in [1.165, 1.54) is 0 Å². The summed E-state index contributed by atoms with van der Waals surface area (Å²) in [6.45, 7) is 6.53. The first-order valence-corrected chi connectivity index (χ1v) is 11.3. The first-order chi connectivity index (χ1) is 13.3. The molecular formula is C22H28N2O3S. The van der Waals surface area contributed by atoms with Gasteiger partial charge in [0.1, 0.15) is 0 Å². The van der Waals surface area contributed by atoms with Gasteiger partial charge in [0.2, 0.25) is 10.0 Å². The minimum atomic E-state index is -3.56. The molecule has 1 atom stereocenters. The molecule has 1 aliphatic heterocycles. The van der Waals surface area contributed by atoms with Gasteiger partial charge in [-0.2, -0.15) is 0 Å². The number of nitrogens with one attached hydrogen (secondary N) is 1. The largest absolute Gasteiger partial charge is 0.308 e. The standard InChI is InChI=1S/C22H28N2O3S/c1-4-6-17(3)23-28(26,27)20-12-13-21-19(15-20)7-5-14-24(21)22(25)18-10-8-16(2)9-11-18/h8-13,15,17,23H,4-7,14H2,1-3H3/t17-/m0/s1. The molecule has 0 aromatic heterocycles. The maximum atomic E-state index is 13.0. The number of aryl methyl sites for hydroxylation is 2. The number of hydrogen-bond donors (Lipinski definition) is 1. The highest BCUT2D eigenvalue weighted by molar-refractivity contribution is 7.89. The van der Waals surface area contributed by atoms with Crippen molar-refractivity contribution in [3.05, 3.63) is 59.2 Å². The molecule has 0 radical (unpaired) electrons. The number of fused-ring (bicyclic) bond motifs is 1. The molecule has 6 heteroatoms. The van der Waals surface area contributed by atoms with E-state index in [9.17, 15) is 13.2 Å². The summed E-state index contributed by atoms with van der Waals surface area (Å²) < 4.78 is 28.1. The zero-order valence-electron chi connectivity index (χ0n) is 16.7. The summed E-state index contributed by atoms with van der Waals surface area (Å²) in [5, 5.41) is 0. The van der Waals surface area contributed by atoms with Crippen LogP contribution in [0.3, 0.4) is 0 Å². The predicted molar refractivity (Wildman–Crippen MR) is 112 cm³/mol. The van der Waals surface area contributed by atoms with Crippen molar-refractivity contribution < 1.29 is 13.2 Å². The molecule has 3 rings (SSSR count). The SMILES string of the molecule is CCC[C@H](C)NS(=O)(=O)c1ccc2c(c1)CCCN2C(=O)c1ccc(C)cc1. The Kier molecular flexibility index (Phi) is 6.20. The molecule has 0 aliphatic carbocycles.